The molecular formula is C29H47N3O2. The largest absolute Gasteiger partial charge is 0.474 e. The molecule has 34 heavy (non-hydrogen) atoms. The summed E-state index contributed by atoms with van der Waals surface area (Å²) in [5.41, 5.74) is 4.68. The molecule has 0 fully saturated rings. The minimum absolute atomic E-state index is 0.182. The van der Waals surface area contributed by atoms with Crippen LogP contribution in [0.2, 0.25) is 0 Å². The molecule has 0 aliphatic carbocycles. The van der Waals surface area contributed by atoms with Crippen molar-refractivity contribution in [3.63, 3.8) is 0 Å². The predicted molar refractivity (Wildman–Crippen MR) is 142 cm³/mol. The van der Waals surface area contributed by atoms with Gasteiger partial charge < -0.3 is 9.47 Å². The highest BCUT2D eigenvalue weighted by Gasteiger charge is 2.30. The summed E-state index contributed by atoms with van der Waals surface area (Å²) in [6.07, 6.45) is 4.05. The van der Waals surface area contributed by atoms with E-state index >= 15 is 0 Å². The number of ether oxygens (including phenoxy) is 2. The summed E-state index contributed by atoms with van der Waals surface area (Å²) in [5.74, 6) is 2.25. The molecule has 0 aromatic carbocycles. The molecule has 1 aromatic rings. The van der Waals surface area contributed by atoms with Crippen molar-refractivity contribution >= 4 is 11.8 Å². The van der Waals surface area contributed by atoms with Gasteiger partial charge in [0, 0.05) is 0 Å². The molecule has 0 bridgehead atoms. The zero-order valence-electron chi connectivity index (χ0n) is 23.3. The van der Waals surface area contributed by atoms with Crippen LogP contribution in [0.1, 0.15) is 105 Å². The molecule has 5 nitrogen and oxygen atoms in total. The summed E-state index contributed by atoms with van der Waals surface area (Å²) in [6.45, 7) is 23.8. The highest BCUT2D eigenvalue weighted by Crippen LogP contribution is 2.30. The van der Waals surface area contributed by atoms with Gasteiger partial charge in [0.15, 0.2) is 0 Å². The summed E-state index contributed by atoms with van der Waals surface area (Å²) in [4.78, 5) is 15.1. The summed E-state index contributed by atoms with van der Waals surface area (Å²) in [5, 5.41) is 0. The van der Waals surface area contributed by atoms with Gasteiger partial charge in [-0.05, 0) is 59.5 Å². The molecule has 2 aliphatic rings. The lowest BCUT2D eigenvalue weighted by Crippen LogP contribution is -2.18. The number of aryl methyl sites for hydroxylation is 2. The van der Waals surface area contributed by atoms with Gasteiger partial charge in [0.05, 0.1) is 12.1 Å². The first-order valence-electron chi connectivity index (χ1n) is 13.2. The van der Waals surface area contributed by atoms with Crippen LogP contribution in [0.5, 0.6) is 0 Å². The first-order chi connectivity index (χ1) is 15.7. The summed E-state index contributed by atoms with van der Waals surface area (Å²) >= 11 is 0. The maximum atomic E-state index is 6.12. The third kappa shape index (κ3) is 7.05. The van der Waals surface area contributed by atoms with Crippen LogP contribution in [0.15, 0.2) is 16.1 Å². The Balaban J connectivity index is 2.10. The lowest BCUT2D eigenvalue weighted by molar-refractivity contribution is 0.289. The smallest absolute Gasteiger partial charge is 0.236 e. The van der Waals surface area contributed by atoms with Gasteiger partial charge in [-0.1, -0.05) is 75.3 Å². The van der Waals surface area contributed by atoms with Crippen LogP contribution in [-0.4, -0.2) is 42.1 Å². The van der Waals surface area contributed by atoms with Gasteiger partial charge in [-0.2, -0.15) is 0 Å². The molecule has 0 unspecified atom stereocenters. The number of hydrogen-bond acceptors (Lipinski definition) is 5. The standard InChI is InChI=1S/C29H47N3O2/c1-18(2)22-16-33-26(30-22)24-20(11-13-28(5,6)7)15-21(12-14-29(8,9)10)25(32-24)27-31-23(17-34-27)19(3)4/h15,18-19,22-23H,11-14,16-17H2,1-10H3/t22-,23-/m1/s1. The Morgan fingerprint density at radius 1 is 0.735 bits per heavy atom. The lowest BCUT2D eigenvalue weighted by atomic mass is 9.86. The van der Waals surface area contributed by atoms with Crippen molar-refractivity contribution in [3.05, 3.63) is 28.6 Å². The van der Waals surface area contributed by atoms with Crippen LogP contribution in [0.25, 0.3) is 0 Å². The van der Waals surface area contributed by atoms with Gasteiger partial charge in [0.1, 0.15) is 24.6 Å². The fourth-order valence-electron chi connectivity index (χ4n) is 4.09. The van der Waals surface area contributed by atoms with Crippen LogP contribution >= 0.6 is 0 Å². The highest BCUT2D eigenvalue weighted by atomic mass is 16.5. The van der Waals surface area contributed by atoms with Crippen LogP contribution in [-0.2, 0) is 22.3 Å². The molecule has 0 N–H and O–H groups in total. The second kappa shape index (κ2) is 10.4. The van der Waals surface area contributed by atoms with Crippen LogP contribution < -0.4 is 0 Å². The van der Waals surface area contributed by atoms with Gasteiger partial charge in [-0.15, -0.1) is 0 Å². The third-order valence-electron chi connectivity index (χ3n) is 6.76. The van der Waals surface area contributed by atoms with E-state index in [-0.39, 0.29) is 22.9 Å². The average Bonchev–Trinajstić information content (AvgIpc) is 3.39. The molecule has 3 rings (SSSR count). The van der Waals surface area contributed by atoms with E-state index in [0.29, 0.717) is 36.8 Å². The van der Waals surface area contributed by atoms with E-state index in [9.17, 15) is 0 Å². The normalized spacial score (nSPS) is 21.1. The molecule has 1 aromatic heterocycles. The number of aliphatic imine (C=N–C) groups is 2. The molecule has 0 radical (unpaired) electrons. The number of nitrogens with zero attached hydrogens (tertiary/aromatic N) is 3. The van der Waals surface area contributed by atoms with E-state index in [0.717, 1.165) is 37.1 Å². The lowest BCUT2D eigenvalue weighted by Gasteiger charge is -2.22. The molecule has 3 heterocycles. The summed E-state index contributed by atoms with van der Waals surface area (Å²) in [7, 11) is 0. The number of aromatic nitrogens is 1. The van der Waals surface area contributed by atoms with Crippen molar-refractivity contribution in [3.8, 4) is 0 Å². The van der Waals surface area contributed by atoms with Crippen molar-refractivity contribution in [2.45, 2.75) is 107 Å². The fourth-order valence-corrected chi connectivity index (χ4v) is 4.09. The Bertz CT molecular complexity index is 845. The van der Waals surface area contributed by atoms with E-state index in [1.807, 2.05) is 0 Å². The molecule has 2 aliphatic heterocycles. The van der Waals surface area contributed by atoms with Crippen LogP contribution in [0, 0.1) is 22.7 Å². The molecule has 5 heteroatoms. The zero-order valence-corrected chi connectivity index (χ0v) is 23.3. The van der Waals surface area contributed by atoms with Gasteiger partial charge in [0.25, 0.3) is 0 Å². The minimum Gasteiger partial charge on any atom is -0.474 e. The molecule has 0 spiro atoms. The molecule has 0 saturated carbocycles. The zero-order chi connectivity index (χ0) is 25.3. The van der Waals surface area contributed by atoms with E-state index in [2.05, 4.69) is 75.3 Å². The Kier molecular flexibility index (Phi) is 8.14. The molecule has 0 amide bonds. The van der Waals surface area contributed by atoms with Crippen molar-refractivity contribution in [2.24, 2.45) is 32.7 Å². The Morgan fingerprint density at radius 3 is 1.41 bits per heavy atom. The average molecular weight is 470 g/mol. The Hall–Kier alpha value is -1.91. The first kappa shape index (κ1) is 26.7. The molecule has 190 valence electrons. The number of pyridine rings is 1. The number of rotatable bonds is 8. The van der Waals surface area contributed by atoms with E-state index in [4.69, 9.17) is 24.4 Å². The van der Waals surface area contributed by atoms with E-state index < -0.39 is 0 Å². The van der Waals surface area contributed by atoms with Crippen molar-refractivity contribution in [1.29, 1.82) is 0 Å². The van der Waals surface area contributed by atoms with E-state index in [1.54, 1.807) is 0 Å². The number of hydrogen-bond donors (Lipinski definition) is 0. The molecule has 0 saturated heterocycles. The van der Waals surface area contributed by atoms with Gasteiger partial charge in [0.2, 0.25) is 11.8 Å². The predicted octanol–water partition coefficient (Wildman–Crippen LogP) is 6.64. The maximum absolute atomic E-state index is 6.12. The monoisotopic (exact) mass is 469 g/mol. The molecular weight excluding hydrogens is 422 g/mol. The second-order valence-electron chi connectivity index (χ2n) is 13.2. The third-order valence-corrected chi connectivity index (χ3v) is 6.76. The summed E-state index contributed by atoms with van der Waals surface area (Å²) in [6, 6.07) is 2.71. The maximum Gasteiger partial charge on any atom is 0.236 e. The van der Waals surface area contributed by atoms with Crippen LogP contribution in [0.3, 0.4) is 0 Å². The van der Waals surface area contributed by atoms with Gasteiger partial charge in [-0.3, -0.25) is 0 Å². The van der Waals surface area contributed by atoms with Crippen molar-refractivity contribution in [1.82, 2.24) is 4.98 Å². The second-order valence-corrected chi connectivity index (χ2v) is 13.2. The van der Waals surface area contributed by atoms with E-state index in [1.165, 1.54) is 11.1 Å². The summed E-state index contributed by atoms with van der Waals surface area (Å²) < 4.78 is 12.2. The van der Waals surface area contributed by atoms with Crippen molar-refractivity contribution < 1.29 is 9.47 Å². The van der Waals surface area contributed by atoms with Gasteiger partial charge in [-0.25, -0.2) is 15.0 Å². The molecule has 2 atom stereocenters. The quantitative estimate of drug-likeness (QED) is 0.429. The Morgan fingerprint density at radius 2 is 1.12 bits per heavy atom. The highest BCUT2D eigenvalue weighted by molar-refractivity contribution is 5.99. The van der Waals surface area contributed by atoms with Crippen molar-refractivity contribution in [2.75, 3.05) is 13.2 Å². The topological polar surface area (TPSA) is 56.1 Å². The SMILES string of the molecule is CC(C)[C@H]1COC(c2nc(C3=N[C@@H](C(C)C)CO3)c(CCC(C)(C)C)cc2CCC(C)(C)C)=N1. The first-order valence-corrected chi connectivity index (χ1v) is 13.2. The minimum atomic E-state index is 0.182. The fraction of sp³-hybridized carbons (Fsp3) is 0.759. The Labute approximate surface area is 207 Å². The van der Waals surface area contributed by atoms with Gasteiger partial charge >= 0.3 is 0 Å². The van der Waals surface area contributed by atoms with Crippen LogP contribution in [0.4, 0.5) is 0 Å².